The van der Waals surface area contributed by atoms with E-state index in [0.29, 0.717) is 28.6 Å². The van der Waals surface area contributed by atoms with Crippen molar-refractivity contribution in [2.24, 2.45) is 28.6 Å². The minimum Gasteiger partial charge on any atom is -0.393 e. The molecule has 5 atom stereocenters. The van der Waals surface area contributed by atoms with E-state index in [2.05, 4.69) is 33.8 Å². The highest BCUT2D eigenvalue weighted by Gasteiger charge is 2.52. The predicted molar refractivity (Wildman–Crippen MR) is 99.9 cm³/mol. The molecule has 138 valence electrons. The van der Waals surface area contributed by atoms with Crippen molar-refractivity contribution in [2.45, 2.75) is 85.2 Å². The molecule has 3 aliphatic rings. The molecule has 0 aromatic heterocycles. The standard InChI is InChI=1S/C22H38O2/c1-16(14-24-15-17-8-5-6-12-21(17,2)3)18-10-11-19-20(23)9-7-13-22(18,19)4/h8,16,18-20,23H,5-7,9-15H2,1-4H3/t16-,18-,19+,20+,22-/m1/s1. The summed E-state index contributed by atoms with van der Waals surface area (Å²) >= 11 is 0. The first-order chi connectivity index (χ1) is 11.3. The fourth-order valence-corrected chi connectivity index (χ4v) is 6.11. The quantitative estimate of drug-likeness (QED) is 0.686. The van der Waals surface area contributed by atoms with Gasteiger partial charge in [0.1, 0.15) is 0 Å². The van der Waals surface area contributed by atoms with Crippen molar-refractivity contribution < 1.29 is 9.84 Å². The smallest absolute Gasteiger partial charge is 0.0682 e. The maximum Gasteiger partial charge on any atom is 0.0682 e. The van der Waals surface area contributed by atoms with Crippen molar-refractivity contribution in [3.8, 4) is 0 Å². The van der Waals surface area contributed by atoms with Gasteiger partial charge in [0.15, 0.2) is 0 Å². The van der Waals surface area contributed by atoms with Gasteiger partial charge in [0.25, 0.3) is 0 Å². The Labute approximate surface area is 149 Å². The van der Waals surface area contributed by atoms with Crippen molar-refractivity contribution in [3.05, 3.63) is 11.6 Å². The van der Waals surface area contributed by atoms with Gasteiger partial charge in [-0.25, -0.2) is 0 Å². The van der Waals surface area contributed by atoms with Gasteiger partial charge in [-0.1, -0.05) is 40.2 Å². The topological polar surface area (TPSA) is 29.5 Å². The van der Waals surface area contributed by atoms with Crippen LogP contribution < -0.4 is 0 Å². The van der Waals surface area contributed by atoms with Crippen LogP contribution in [0.1, 0.15) is 79.1 Å². The van der Waals surface area contributed by atoms with Gasteiger partial charge in [0.2, 0.25) is 0 Å². The van der Waals surface area contributed by atoms with Crippen LogP contribution >= 0.6 is 0 Å². The minimum atomic E-state index is -0.0601. The summed E-state index contributed by atoms with van der Waals surface area (Å²) in [4.78, 5) is 0. The minimum absolute atomic E-state index is 0.0601. The molecule has 0 aromatic carbocycles. The van der Waals surface area contributed by atoms with E-state index in [9.17, 15) is 5.11 Å². The zero-order valence-corrected chi connectivity index (χ0v) is 16.3. The van der Waals surface area contributed by atoms with Crippen LogP contribution in [0.5, 0.6) is 0 Å². The zero-order valence-electron chi connectivity index (χ0n) is 16.3. The Balaban J connectivity index is 1.54. The van der Waals surface area contributed by atoms with Crippen LogP contribution in [0.25, 0.3) is 0 Å². The van der Waals surface area contributed by atoms with E-state index >= 15 is 0 Å². The van der Waals surface area contributed by atoms with Gasteiger partial charge in [-0.15, -0.1) is 0 Å². The Hall–Kier alpha value is -0.340. The highest BCUT2D eigenvalue weighted by atomic mass is 16.5. The molecule has 0 aliphatic heterocycles. The second-order valence-electron chi connectivity index (χ2n) is 9.75. The Morgan fingerprint density at radius 1 is 1.17 bits per heavy atom. The average molecular weight is 335 g/mol. The Bertz CT molecular complexity index is 467. The van der Waals surface area contributed by atoms with Gasteiger partial charge >= 0.3 is 0 Å². The summed E-state index contributed by atoms with van der Waals surface area (Å²) in [7, 11) is 0. The second kappa shape index (κ2) is 7.11. The number of hydrogen-bond donors (Lipinski definition) is 1. The normalized spacial score (nSPS) is 40.0. The zero-order chi connectivity index (χ0) is 17.4. The third kappa shape index (κ3) is 3.46. The maximum atomic E-state index is 10.4. The molecule has 0 saturated heterocycles. The molecule has 3 aliphatic carbocycles. The molecule has 2 heteroatoms. The first-order valence-corrected chi connectivity index (χ1v) is 10.3. The van der Waals surface area contributed by atoms with E-state index < -0.39 is 0 Å². The number of hydrogen-bond acceptors (Lipinski definition) is 2. The van der Waals surface area contributed by atoms with E-state index in [1.165, 1.54) is 50.5 Å². The van der Waals surface area contributed by atoms with Crippen molar-refractivity contribution in [1.29, 1.82) is 0 Å². The maximum absolute atomic E-state index is 10.4. The van der Waals surface area contributed by atoms with Crippen molar-refractivity contribution in [3.63, 3.8) is 0 Å². The molecule has 0 radical (unpaired) electrons. The Kier molecular flexibility index (Phi) is 5.47. The molecular formula is C22H38O2. The van der Waals surface area contributed by atoms with Gasteiger partial charge in [-0.2, -0.15) is 0 Å². The Morgan fingerprint density at radius 2 is 1.96 bits per heavy atom. The third-order valence-electron chi connectivity index (χ3n) is 7.75. The highest BCUT2D eigenvalue weighted by molar-refractivity contribution is 5.15. The van der Waals surface area contributed by atoms with Crippen molar-refractivity contribution in [1.82, 2.24) is 0 Å². The summed E-state index contributed by atoms with van der Waals surface area (Å²) in [6.45, 7) is 11.2. The number of aliphatic hydroxyl groups excluding tert-OH is 1. The van der Waals surface area contributed by atoms with Gasteiger partial charge in [0.05, 0.1) is 12.7 Å². The Morgan fingerprint density at radius 3 is 2.71 bits per heavy atom. The van der Waals surface area contributed by atoms with Gasteiger partial charge < -0.3 is 9.84 Å². The molecule has 0 spiro atoms. The van der Waals surface area contributed by atoms with Gasteiger partial charge in [-0.3, -0.25) is 0 Å². The van der Waals surface area contributed by atoms with E-state index in [4.69, 9.17) is 4.74 Å². The van der Waals surface area contributed by atoms with E-state index in [1.807, 2.05) is 0 Å². The first kappa shape index (κ1) is 18.5. The second-order valence-corrected chi connectivity index (χ2v) is 9.75. The highest BCUT2D eigenvalue weighted by Crippen LogP contribution is 2.57. The molecule has 3 rings (SSSR count). The van der Waals surface area contributed by atoms with Gasteiger partial charge in [0, 0.05) is 6.61 Å². The predicted octanol–water partition coefficient (Wildman–Crippen LogP) is 5.35. The molecule has 0 heterocycles. The lowest BCUT2D eigenvalue weighted by Gasteiger charge is -2.45. The van der Waals surface area contributed by atoms with Crippen LogP contribution in [0.15, 0.2) is 11.6 Å². The lowest BCUT2D eigenvalue weighted by Crippen LogP contribution is -2.42. The summed E-state index contributed by atoms with van der Waals surface area (Å²) in [5.74, 6) is 1.84. The number of rotatable bonds is 5. The monoisotopic (exact) mass is 334 g/mol. The summed E-state index contributed by atoms with van der Waals surface area (Å²) in [5.41, 5.74) is 2.16. The van der Waals surface area contributed by atoms with Crippen LogP contribution in [0.2, 0.25) is 0 Å². The molecule has 0 bridgehead atoms. The van der Waals surface area contributed by atoms with Crippen molar-refractivity contribution in [2.75, 3.05) is 13.2 Å². The third-order valence-corrected chi connectivity index (χ3v) is 7.75. The van der Waals surface area contributed by atoms with Crippen LogP contribution in [-0.4, -0.2) is 24.4 Å². The molecule has 1 N–H and O–H groups in total. The fraction of sp³-hybridized carbons (Fsp3) is 0.909. The summed E-state index contributed by atoms with van der Waals surface area (Å²) in [6, 6.07) is 0. The molecule has 0 aromatic rings. The summed E-state index contributed by atoms with van der Waals surface area (Å²) in [6.07, 6.45) is 12.2. The largest absolute Gasteiger partial charge is 0.393 e. The summed E-state index contributed by atoms with van der Waals surface area (Å²) in [5, 5.41) is 10.4. The van der Waals surface area contributed by atoms with Crippen LogP contribution in [-0.2, 0) is 4.74 Å². The molecule has 0 unspecified atom stereocenters. The number of allylic oxidation sites excluding steroid dienone is 1. The van der Waals surface area contributed by atoms with E-state index in [-0.39, 0.29) is 6.10 Å². The molecule has 2 saturated carbocycles. The molecule has 2 nitrogen and oxygen atoms in total. The van der Waals surface area contributed by atoms with Crippen molar-refractivity contribution >= 4 is 0 Å². The fourth-order valence-electron chi connectivity index (χ4n) is 6.11. The van der Waals surface area contributed by atoms with E-state index in [1.54, 1.807) is 0 Å². The van der Waals surface area contributed by atoms with Crippen LogP contribution in [0.3, 0.4) is 0 Å². The lowest BCUT2D eigenvalue weighted by molar-refractivity contribution is -0.0368. The van der Waals surface area contributed by atoms with Crippen LogP contribution in [0.4, 0.5) is 0 Å². The molecular weight excluding hydrogens is 296 g/mol. The lowest BCUT2D eigenvalue weighted by atomic mass is 9.62. The molecule has 24 heavy (non-hydrogen) atoms. The molecule has 2 fully saturated rings. The molecule has 0 amide bonds. The number of ether oxygens (including phenoxy) is 1. The van der Waals surface area contributed by atoms with Crippen LogP contribution in [0, 0.1) is 28.6 Å². The van der Waals surface area contributed by atoms with Gasteiger partial charge in [-0.05, 0) is 79.1 Å². The van der Waals surface area contributed by atoms with E-state index in [0.717, 1.165) is 19.6 Å². The number of fused-ring (bicyclic) bond motifs is 1. The number of aliphatic hydroxyl groups is 1. The first-order valence-electron chi connectivity index (χ1n) is 10.3. The average Bonchev–Trinajstić information content (AvgIpc) is 2.87. The summed E-state index contributed by atoms with van der Waals surface area (Å²) < 4.78 is 6.20. The SMILES string of the molecule is C[C@H](COCC1=CCCCC1(C)C)[C@H]1CC[C@H]2[C@@H](O)CCC[C@]12C.